The summed E-state index contributed by atoms with van der Waals surface area (Å²) in [7, 11) is 0. The van der Waals surface area contributed by atoms with Gasteiger partial charge in [-0.05, 0) is 20.8 Å². The van der Waals surface area contributed by atoms with E-state index < -0.39 is 23.9 Å². The van der Waals surface area contributed by atoms with E-state index in [0.29, 0.717) is 0 Å². The molecule has 0 aliphatic carbocycles. The first kappa shape index (κ1) is 16.3. The third-order valence-corrected chi connectivity index (χ3v) is 2.57. The van der Waals surface area contributed by atoms with Gasteiger partial charge in [-0.15, -0.1) is 0 Å². The summed E-state index contributed by atoms with van der Waals surface area (Å²) in [6, 6.07) is -0.604. The fraction of sp³-hybridized carbons (Fsp3) is 0.909. The van der Waals surface area contributed by atoms with Crippen molar-refractivity contribution in [2.24, 2.45) is 0 Å². The van der Waals surface area contributed by atoms with E-state index >= 15 is 0 Å². The summed E-state index contributed by atoms with van der Waals surface area (Å²) in [4.78, 5) is 11.0. The van der Waals surface area contributed by atoms with Crippen LogP contribution in [0, 0.1) is 0 Å². The van der Waals surface area contributed by atoms with Crippen molar-refractivity contribution in [2.45, 2.75) is 51.5 Å². The summed E-state index contributed by atoms with van der Waals surface area (Å²) >= 11 is 0. The Morgan fingerprint density at radius 2 is 1.88 bits per heavy atom. The van der Waals surface area contributed by atoms with Gasteiger partial charge in [0.05, 0.1) is 31.0 Å². The van der Waals surface area contributed by atoms with Crippen molar-refractivity contribution in [1.82, 2.24) is 5.32 Å². The van der Waals surface area contributed by atoms with Crippen molar-refractivity contribution in [3.8, 4) is 0 Å². The molecule has 6 nitrogen and oxygen atoms in total. The van der Waals surface area contributed by atoms with E-state index in [-0.39, 0.29) is 19.1 Å². The van der Waals surface area contributed by atoms with Crippen LogP contribution in [0.25, 0.3) is 0 Å². The number of carbonyl (C=O) groups excluding carboxylic acids is 1. The van der Waals surface area contributed by atoms with Crippen LogP contribution >= 0.6 is 0 Å². The first-order chi connectivity index (χ1) is 7.74. The second kappa shape index (κ2) is 6.90. The number of aliphatic hydroxyl groups excluding tert-OH is 3. The monoisotopic (exact) mass is 249 g/mol. The molecule has 17 heavy (non-hydrogen) atoms. The van der Waals surface area contributed by atoms with Crippen molar-refractivity contribution >= 4 is 5.91 Å². The van der Waals surface area contributed by atoms with E-state index in [2.05, 4.69) is 5.32 Å². The van der Waals surface area contributed by atoms with Crippen molar-refractivity contribution in [3.05, 3.63) is 0 Å². The number of carbonyl (C=O) groups is 1. The van der Waals surface area contributed by atoms with Crippen LogP contribution < -0.4 is 5.32 Å². The van der Waals surface area contributed by atoms with Gasteiger partial charge in [0.2, 0.25) is 5.91 Å². The molecule has 0 spiro atoms. The van der Waals surface area contributed by atoms with Gasteiger partial charge in [-0.3, -0.25) is 4.79 Å². The van der Waals surface area contributed by atoms with Crippen molar-refractivity contribution in [1.29, 1.82) is 0 Å². The molecule has 4 N–H and O–H groups in total. The van der Waals surface area contributed by atoms with Crippen molar-refractivity contribution < 1.29 is 24.9 Å². The molecule has 1 unspecified atom stereocenters. The first-order valence-corrected chi connectivity index (χ1v) is 5.59. The highest BCUT2D eigenvalue weighted by atomic mass is 16.5. The molecule has 0 radical (unpaired) electrons. The Morgan fingerprint density at radius 3 is 2.18 bits per heavy atom. The zero-order valence-corrected chi connectivity index (χ0v) is 10.8. The maximum atomic E-state index is 11.0. The molecular formula is C11H23NO5. The number of hydrogen-bond donors (Lipinski definition) is 4. The summed E-state index contributed by atoms with van der Waals surface area (Å²) in [5.74, 6) is -0.279. The largest absolute Gasteiger partial charge is 0.394 e. The Balaban J connectivity index is 4.65. The SMILES string of the molecule is CC(=O)N[C@@H](CO)C(C)(C)OC(CO)[C@@H](C)O. The van der Waals surface area contributed by atoms with Gasteiger partial charge >= 0.3 is 0 Å². The van der Waals surface area contributed by atoms with E-state index in [1.165, 1.54) is 13.8 Å². The van der Waals surface area contributed by atoms with E-state index in [1.807, 2.05) is 0 Å². The molecule has 0 aliphatic heterocycles. The molecule has 0 aromatic rings. The minimum Gasteiger partial charge on any atom is -0.394 e. The highest BCUT2D eigenvalue weighted by Crippen LogP contribution is 2.19. The Labute approximate surface area is 102 Å². The molecule has 0 fully saturated rings. The highest BCUT2D eigenvalue weighted by Gasteiger charge is 2.34. The lowest BCUT2D eigenvalue weighted by Gasteiger charge is -2.37. The lowest BCUT2D eigenvalue weighted by Crippen LogP contribution is -2.55. The average Bonchev–Trinajstić information content (AvgIpc) is 2.21. The molecular weight excluding hydrogens is 226 g/mol. The van der Waals surface area contributed by atoms with E-state index in [0.717, 1.165) is 0 Å². The van der Waals surface area contributed by atoms with Gasteiger partial charge in [0, 0.05) is 6.92 Å². The Kier molecular flexibility index (Phi) is 6.62. The second-order valence-corrected chi connectivity index (χ2v) is 4.62. The fourth-order valence-electron chi connectivity index (χ4n) is 1.45. The Morgan fingerprint density at radius 1 is 1.35 bits per heavy atom. The number of rotatable bonds is 7. The molecule has 102 valence electrons. The van der Waals surface area contributed by atoms with Crippen LogP contribution in [0.15, 0.2) is 0 Å². The maximum Gasteiger partial charge on any atom is 0.217 e. The van der Waals surface area contributed by atoms with Gasteiger partial charge in [0.15, 0.2) is 0 Å². The third kappa shape index (κ3) is 5.45. The molecule has 0 saturated heterocycles. The standard InChI is InChI=1S/C11H23NO5/c1-7(15)9(5-13)17-11(3,4)10(6-14)12-8(2)16/h7,9-10,13-15H,5-6H2,1-4H3,(H,12,16)/t7-,9?,10+/m1/s1. The summed E-state index contributed by atoms with van der Waals surface area (Å²) in [5, 5.41) is 30.2. The molecule has 0 aliphatic rings. The minimum atomic E-state index is -0.898. The van der Waals surface area contributed by atoms with Crippen LogP contribution in [0.5, 0.6) is 0 Å². The second-order valence-electron chi connectivity index (χ2n) is 4.62. The van der Waals surface area contributed by atoms with Gasteiger partial charge < -0.3 is 25.4 Å². The molecule has 0 saturated carbocycles. The number of aliphatic hydroxyl groups is 3. The molecule has 0 aromatic heterocycles. The minimum absolute atomic E-state index is 0.279. The van der Waals surface area contributed by atoms with E-state index in [4.69, 9.17) is 9.84 Å². The van der Waals surface area contributed by atoms with E-state index in [1.54, 1.807) is 13.8 Å². The summed E-state index contributed by atoms with van der Waals surface area (Å²) in [6.45, 7) is 5.58. The van der Waals surface area contributed by atoms with Crippen LogP contribution in [0.4, 0.5) is 0 Å². The predicted octanol–water partition coefficient (Wildman–Crippen LogP) is -0.980. The Hall–Kier alpha value is -0.690. The smallest absolute Gasteiger partial charge is 0.217 e. The van der Waals surface area contributed by atoms with Gasteiger partial charge in [0.1, 0.15) is 6.10 Å². The molecule has 6 heteroatoms. The predicted molar refractivity (Wildman–Crippen MR) is 62.4 cm³/mol. The number of nitrogens with one attached hydrogen (secondary N) is 1. The van der Waals surface area contributed by atoms with Gasteiger partial charge in [-0.2, -0.15) is 0 Å². The lowest BCUT2D eigenvalue weighted by molar-refractivity contribution is -0.152. The first-order valence-electron chi connectivity index (χ1n) is 5.59. The number of amides is 1. The van der Waals surface area contributed by atoms with Crippen molar-refractivity contribution in [2.75, 3.05) is 13.2 Å². The third-order valence-electron chi connectivity index (χ3n) is 2.57. The van der Waals surface area contributed by atoms with Crippen LogP contribution in [0.2, 0.25) is 0 Å². The topological polar surface area (TPSA) is 99.0 Å². The normalized spacial score (nSPS) is 17.4. The lowest BCUT2D eigenvalue weighted by atomic mass is 9.98. The zero-order valence-electron chi connectivity index (χ0n) is 10.8. The summed E-state index contributed by atoms with van der Waals surface area (Å²) in [5.41, 5.74) is -0.898. The highest BCUT2D eigenvalue weighted by molar-refractivity contribution is 5.73. The maximum absolute atomic E-state index is 11.0. The fourth-order valence-corrected chi connectivity index (χ4v) is 1.45. The van der Waals surface area contributed by atoms with Gasteiger partial charge in [-0.1, -0.05) is 0 Å². The van der Waals surface area contributed by atoms with Crippen LogP contribution in [0.1, 0.15) is 27.7 Å². The zero-order chi connectivity index (χ0) is 13.6. The molecule has 1 amide bonds. The molecule has 0 rings (SSSR count). The molecule has 3 atom stereocenters. The summed E-state index contributed by atoms with van der Waals surface area (Å²) in [6.07, 6.45) is -1.59. The van der Waals surface area contributed by atoms with Gasteiger partial charge in [-0.25, -0.2) is 0 Å². The molecule has 0 heterocycles. The van der Waals surface area contributed by atoms with Crippen molar-refractivity contribution in [3.63, 3.8) is 0 Å². The average molecular weight is 249 g/mol. The van der Waals surface area contributed by atoms with E-state index in [9.17, 15) is 15.0 Å². The van der Waals surface area contributed by atoms with Crippen LogP contribution in [-0.4, -0.2) is 58.3 Å². The van der Waals surface area contributed by atoms with Crippen LogP contribution in [0.3, 0.4) is 0 Å². The van der Waals surface area contributed by atoms with Gasteiger partial charge in [0.25, 0.3) is 0 Å². The molecule has 0 bridgehead atoms. The Bertz CT molecular complexity index is 242. The number of hydrogen-bond acceptors (Lipinski definition) is 5. The van der Waals surface area contributed by atoms with Crippen LogP contribution in [-0.2, 0) is 9.53 Å². The summed E-state index contributed by atoms with van der Waals surface area (Å²) < 4.78 is 5.53. The number of ether oxygens (including phenoxy) is 1. The quantitative estimate of drug-likeness (QED) is 0.465. The molecule has 0 aromatic carbocycles.